The second kappa shape index (κ2) is 6.14. The van der Waals surface area contributed by atoms with Crippen LogP contribution in [0, 0.1) is 0 Å². The Morgan fingerprint density at radius 3 is 2.84 bits per heavy atom. The Morgan fingerprint density at radius 2 is 2.26 bits per heavy atom. The zero-order chi connectivity index (χ0) is 13.8. The Labute approximate surface area is 120 Å². The van der Waals surface area contributed by atoms with Crippen molar-refractivity contribution in [2.24, 2.45) is 0 Å². The Morgan fingerprint density at radius 1 is 1.53 bits per heavy atom. The molecule has 1 aromatic rings. The number of ether oxygens (including phenoxy) is 1. The summed E-state index contributed by atoms with van der Waals surface area (Å²) < 4.78 is 5.54. The van der Waals surface area contributed by atoms with Crippen molar-refractivity contribution in [3.63, 3.8) is 0 Å². The van der Waals surface area contributed by atoms with Crippen molar-refractivity contribution in [3.05, 3.63) is 28.5 Å². The molecule has 5 nitrogen and oxygen atoms in total. The van der Waals surface area contributed by atoms with Crippen LogP contribution in [0.2, 0.25) is 0 Å². The topological polar surface area (TPSA) is 59.5 Å². The molecule has 0 radical (unpaired) electrons. The van der Waals surface area contributed by atoms with Crippen molar-refractivity contribution in [2.75, 3.05) is 13.2 Å². The van der Waals surface area contributed by atoms with Crippen molar-refractivity contribution in [3.8, 4) is 0 Å². The van der Waals surface area contributed by atoms with E-state index >= 15 is 0 Å². The first-order valence-corrected chi connectivity index (χ1v) is 7.00. The molecule has 0 atom stereocenters. The minimum absolute atomic E-state index is 0.0135. The number of hydrogen-bond donors (Lipinski definition) is 0. The summed E-state index contributed by atoms with van der Waals surface area (Å²) in [6.07, 6.45) is 3.42. The van der Waals surface area contributed by atoms with E-state index in [2.05, 4.69) is 20.9 Å². The first kappa shape index (κ1) is 14.0. The molecule has 1 aliphatic rings. The third-order valence-corrected chi connectivity index (χ3v) is 3.45. The average Bonchev–Trinajstić information content (AvgIpc) is 3.20. The normalized spacial score (nSPS) is 14.0. The van der Waals surface area contributed by atoms with E-state index in [1.807, 2.05) is 0 Å². The molecule has 0 aromatic carbocycles. The number of pyridine rings is 1. The van der Waals surface area contributed by atoms with Gasteiger partial charge in [0.05, 0.1) is 6.61 Å². The van der Waals surface area contributed by atoms with Crippen LogP contribution < -0.4 is 0 Å². The van der Waals surface area contributed by atoms with Gasteiger partial charge >= 0.3 is 5.97 Å². The number of hydrogen-bond acceptors (Lipinski definition) is 4. The summed E-state index contributed by atoms with van der Waals surface area (Å²) in [7, 11) is 0. The lowest BCUT2D eigenvalue weighted by molar-refractivity contribution is -0.144. The van der Waals surface area contributed by atoms with Gasteiger partial charge in [-0.25, -0.2) is 4.98 Å². The Kier molecular flexibility index (Phi) is 4.52. The first-order chi connectivity index (χ1) is 9.13. The van der Waals surface area contributed by atoms with Gasteiger partial charge in [-0.1, -0.05) is 0 Å². The maximum atomic E-state index is 12.4. The molecule has 1 amide bonds. The van der Waals surface area contributed by atoms with Crippen LogP contribution in [0.25, 0.3) is 0 Å². The number of nitrogens with zero attached hydrogens (tertiary/aromatic N) is 2. The lowest BCUT2D eigenvalue weighted by Crippen LogP contribution is -2.38. The molecule has 1 aliphatic carbocycles. The second-order valence-corrected chi connectivity index (χ2v) is 5.16. The van der Waals surface area contributed by atoms with E-state index in [0.717, 1.165) is 12.8 Å². The fraction of sp³-hybridized carbons (Fsp3) is 0.462. The number of carbonyl (C=O) groups is 2. The maximum Gasteiger partial charge on any atom is 0.325 e. The SMILES string of the molecule is CCOC(=O)CN(C(=O)c1ncccc1Br)C1CC1. The largest absolute Gasteiger partial charge is 0.465 e. The number of amides is 1. The van der Waals surface area contributed by atoms with Gasteiger partial charge in [-0.2, -0.15) is 0 Å². The summed E-state index contributed by atoms with van der Waals surface area (Å²) in [4.78, 5) is 29.6. The highest BCUT2D eigenvalue weighted by atomic mass is 79.9. The first-order valence-electron chi connectivity index (χ1n) is 6.20. The van der Waals surface area contributed by atoms with E-state index in [1.54, 1.807) is 30.2 Å². The summed E-state index contributed by atoms with van der Waals surface area (Å²) in [5.41, 5.74) is 0.332. The molecule has 1 saturated carbocycles. The van der Waals surface area contributed by atoms with E-state index in [9.17, 15) is 9.59 Å². The average molecular weight is 327 g/mol. The van der Waals surface area contributed by atoms with Gasteiger partial charge in [0.2, 0.25) is 0 Å². The fourth-order valence-corrected chi connectivity index (χ4v) is 2.20. The molecule has 1 fully saturated rings. The van der Waals surface area contributed by atoms with Crippen LogP contribution in [-0.4, -0.2) is 41.0 Å². The predicted octanol–water partition coefficient (Wildman–Crippen LogP) is 2.01. The summed E-state index contributed by atoms with van der Waals surface area (Å²) in [6, 6.07) is 3.63. The quantitative estimate of drug-likeness (QED) is 0.776. The van der Waals surface area contributed by atoms with Crippen LogP contribution in [0.3, 0.4) is 0 Å². The number of carbonyl (C=O) groups excluding carboxylic acids is 2. The molecule has 0 spiro atoms. The standard InChI is InChI=1S/C13H15BrN2O3/c1-2-19-11(17)8-16(9-5-6-9)13(18)12-10(14)4-3-7-15-12/h3-4,7,9H,2,5-6,8H2,1H3. The van der Waals surface area contributed by atoms with Crippen molar-refractivity contribution in [1.82, 2.24) is 9.88 Å². The summed E-state index contributed by atoms with van der Waals surface area (Å²) in [5, 5.41) is 0. The van der Waals surface area contributed by atoms with Crippen LogP contribution >= 0.6 is 15.9 Å². The minimum atomic E-state index is -0.380. The monoisotopic (exact) mass is 326 g/mol. The van der Waals surface area contributed by atoms with Crippen molar-refractivity contribution < 1.29 is 14.3 Å². The Hall–Kier alpha value is -1.43. The molecule has 19 heavy (non-hydrogen) atoms. The predicted molar refractivity (Wildman–Crippen MR) is 72.6 cm³/mol. The van der Waals surface area contributed by atoms with Gasteiger partial charge in [-0.15, -0.1) is 0 Å². The molecule has 0 saturated heterocycles. The number of halogens is 1. The number of rotatable bonds is 5. The van der Waals surface area contributed by atoms with Crippen molar-refractivity contribution in [2.45, 2.75) is 25.8 Å². The molecule has 0 bridgehead atoms. The third-order valence-electron chi connectivity index (χ3n) is 2.81. The summed E-state index contributed by atoms with van der Waals surface area (Å²) in [6.45, 7) is 2.05. The van der Waals surface area contributed by atoms with Gasteiger partial charge in [-0.05, 0) is 47.8 Å². The van der Waals surface area contributed by atoms with E-state index in [1.165, 1.54) is 0 Å². The molecule has 102 valence electrons. The minimum Gasteiger partial charge on any atom is -0.465 e. The van der Waals surface area contributed by atoms with E-state index in [-0.39, 0.29) is 24.5 Å². The number of aromatic nitrogens is 1. The van der Waals surface area contributed by atoms with Gasteiger partial charge in [0, 0.05) is 16.7 Å². The molecule has 0 N–H and O–H groups in total. The van der Waals surface area contributed by atoms with Crippen LogP contribution in [0.4, 0.5) is 0 Å². The van der Waals surface area contributed by atoms with Crippen LogP contribution in [0.15, 0.2) is 22.8 Å². The molecule has 2 rings (SSSR count). The highest BCUT2D eigenvalue weighted by molar-refractivity contribution is 9.10. The molecule has 6 heteroatoms. The fourth-order valence-electron chi connectivity index (χ4n) is 1.78. The lowest BCUT2D eigenvalue weighted by atomic mass is 10.3. The highest BCUT2D eigenvalue weighted by Gasteiger charge is 2.35. The summed E-state index contributed by atoms with van der Waals surface area (Å²) >= 11 is 3.31. The molecular weight excluding hydrogens is 312 g/mol. The molecule has 1 heterocycles. The second-order valence-electron chi connectivity index (χ2n) is 4.30. The van der Waals surface area contributed by atoms with Crippen molar-refractivity contribution >= 4 is 27.8 Å². The van der Waals surface area contributed by atoms with Crippen LogP contribution in [0.5, 0.6) is 0 Å². The molecule has 0 unspecified atom stereocenters. The van der Waals surface area contributed by atoms with Gasteiger partial charge in [0.25, 0.3) is 5.91 Å². The maximum absolute atomic E-state index is 12.4. The molecule has 1 aromatic heterocycles. The Balaban J connectivity index is 2.13. The molecule has 0 aliphatic heterocycles. The Bertz CT molecular complexity index is 489. The van der Waals surface area contributed by atoms with E-state index in [0.29, 0.717) is 16.8 Å². The van der Waals surface area contributed by atoms with Gasteiger partial charge in [0.1, 0.15) is 12.2 Å². The smallest absolute Gasteiger partial charge is 0.325 e. The van der Waals surface area contributed by atoms with Gasteiger partial charge < -0.3 is 9.64 Å². The van der Waals surface area contributed by atoms with Crippen LogP contribution in [-0.2, 0) is 9.53 Å². The third kappa shape index (κ3) is 3.53. The zero-order valence-corrected chi connectivity index (χ0v) is 12.2. The van der Waals surface area contributed by atoms with E-state index in [4.69, 9.17) is 4.74 Å². The number of esters is 1. The highest BCUT2D eigenvalue weighted by Crippen LogP contribution is 2.29. The lowest BCUT2D eigenvalue weighted by Gasteiger charge is -2.21. The van der Waals surface area contributed by atoms with Gasteiger partial charge in [-0.3, -0.25) is 9.59 Å². The van der Waals surface area contributed by atoms with Crippen LogP contribution in [0.1, 0.15) is 30.3 Å². The van der Waals surface area contributed by atoms with E-state index < -0.39 is 0 Å². The van der Waals surface area contributed by atoms with Gasteiger partial charge in [0.15, 0.2) is 0 Å². The molecular formula is C13H15BrN2O3. The zero-order valence-electron chi connectivity index (χ0n) is 10.6. The van der Waals surface area contributed by atoms with Crippen molar-refractivity contribution in [1.29, 1.82) is 0 Å². The summed E-state index contributed by atoms with van der Waals surface area (Å²) in [5.74, 6) is -0.613.